The Morgan fingerprint density at radius 2 is 2.35 bits per heavy atom. The van der Waals surface area contributed by atoms with Crippen molar-refractivity contribution >= 4 is 22.6 Å². The number of halogens is 1. The number of nitrogens with zero attached hydrogens (tertiary/aromatic N) is 2. The number of hydrogen-bond acceptors (Lipinski definition) is 3. The number of rotatable bonds is 3. The summed E-state index contributed by atoms with van der Waals surface area (Å²) >= 11 is 6.10. The van der Waals surface area contributed by atoms with Gasteiger partial charge in [0.2, 0.25) is 0 Å². The lowest BCUT2D eigenvalue weighted by Crippen LogP contribution is -2.22. The SMILES string of the molecule is COc1ccc2c(c1)nc(CCl)n2C1CC2CCC1O2. The van der Waals surface area contributed by atoms with Gasteiger partial charge in [0.05, 0.1) is 42.3 Å². The van der Waals surface area contributed by atoms with Gasteiger partial charge in [-0.15, -0.1) is 11.6 Å². The molecule has 0 saturated carbocycles. The van der Waals surface area contributed by atoms with Gasteiger partial charge in [-0.25, -0.2) is 4.98 Å². The highest BCUT2D eigenvalue weighted by atomic mass is 35.5. The summed E-state index contributed by atoms with van der Waals surface area (Å²) in [5.41, 5.74) is 2.07. The number of ether oxygens (including phenoxy) is 2. The van der Waals surface area contributed by atoms with E-state index in [1.54, 1.807) is 7.11 Å². The predicted molar refractivity (Wildman–Crippen MR) is 77.4 cm³/mol. The van der Waals surface area contributed by atoms with Crippen LogP contribution in [0.4, 0.5) is 0 Å². The second-order valence-electron chi connectivity index (χ2n) is 5.56. The van der Waals surface area contributed by atoms with E-state index in [4.69, 9.17) is 21.1 Å². The van der Waals surface area contributed by atoms with Crippen molar-refractivity contribution in [2.75, 3.05) is 7.11 Å². The number of hydrogen-bond donors (Lipinski definition) is 0. The first kappa shape index (κ1) is 12.5. The van der Waals surface area contributed by atoms with Crippen molar-refractivity contribution < 1.29 is 9.47 Å². The molecule has 5 heteroatoms. The molecule has 4 nitrogen and oxygen atoms in total. The Bertz CT molecular complexity index is 655. The fourth-order valence-electron chi connectivity index (χ4n) is 3.60. The Balaban J connectivity index is 1.84. The van der Waals surface area contributed by atoms with Gasteiger partial charge in [-0.1, -0.05) is 0 Å². The minimum atomic E-state index is 0.321. The molecule has 2 saturated heterocycles. The van der Waals surface area contributed by atoms with Gasteiger partial charge < -0.3 is 14.0 Å². The van der Waals surface area contributed by atoms with Crippen molar-refractivity contribution in [3.8, 4) is 5.75 Å². The van der Waals surface area contributed by atoms with E-state index in [1.165, 1.54) is 6.42 Å². The third kappa shape index (κ3) is 1.75. The van der Waals surface area contributed by atoms with E-state index >= 15 is 0 Å². The van der Waals surface area contributed by atoms with Crippen LogP contribution in [-0.2, 0) is 10.6 Å². The molecule has 1 aromatic heterocycles. The van der Waals surface area contributed by atoms with E-state index in [-0.39, 0.29) is 0 Å². The molecule has 2 aromatic rings. The van der Waals surface area contributed by atoms with E-state index in [0.717, 1.165) is 35.4 Å². The van der Waals surface area contributed by atoms with Crippen molar-refractivity contribution in [2.24, 2.45) is 0 Å². The summed E-state index contributed by atoms with van der Waals surface area (Å²) in [6.45, 7) is 0. The second-order valence-corrected chi connectivity index (χ2v) is 5.83. The number of imidazole rings is 1. The predicted octanol–water partition coefficient (Wildman–Crippen LogP) is 3.28. The van der Waals surface area contributed by atoms with Crippen LogP contribution in [0.2, 0.25) is 0 Å². The standard InChI is InChI=1S/C15H17ClN2O2/c1-19-9-2-4-12-11(6-9)17-15(8-16)18(12)13-7-10-3-5-14(13)20-10/h2,4,6,10,13-14H,3,5,7-8H2,1H3. The quantitative estimate of drug-likeness (QED) is 0.815. The van der Waals surface area contributed by atoms with Gasteiger partial charge in [0.1, 0.15) is 11.6 Å². The van der Waals surface area contributed by atoms with Crippen LogP contribution >= 0.6 is 11.6 Å². The molecule has 0 radical (unpaired) electrons. The van der Waals surface area contributed by atoms with E-state index in [1.807, 2.05) is 12.1 Å². The highest BCUT2D eigenvalue weighted by molar-refractivity contribution is 6.16. The van der Waals surface area contributed by atoms with Crippen LogP contribution in [0.1, 0.15) is 31.1 Å². The molecule has 20 heavy (non-hydrogen) atoms. The van der Waals surface area contributed by atoms with Gasteiger partial charge in [0.25, 0.3) is 0 Å². The van der Waals surface area contributed by atoms with E-state index in [0.29, 0.717) is 24.1 Å². The third-order valence-electron chi connectivity index (χ3n) is 4.49. The molecule has 3 atom stereocenters. The average molecular weight is 293 g/mol. The highest BCUT2D eigenvalue weighted by Gasteiger charge is 2.42. The molecule has 2 aliphatic heterocycles. The smallest absolute Gasteiger partial charge is 0.125 e. The van der Waals surface area contributed by atoms with Crippen molar-refractivity contribution in [3.05, 3.63) is 24.0 Å². The van der Waals surface area contributed by atoms with Gasteiger partial charge in [-0.05, 0) is 31.4 Å². The Morgan fingerprint density at radius 1 is 1.45 bits per heavy atom. The first-order valence-electron chi connectivity index (χ1n) is 7.06. The number of aromatic nitrogens is 2. The number of fused-ring (bicyclic) bond motifs is 3. The van der Waals surface area contributed by atoms with E-state index in [2.05, 4.69) is 15.6 Å². The number of alkyl halides is 1. The first-order chi connectivity index (χ1) is 9.80. The van der Waals surface area contributed by atoms with Gasteiger partial charge in [-0.3, -0.25) is 0 Å². The van der Waals surface area contributed by atoms with Crippen LogP contribution < -0.4 is 4.74 Å². The van der Waals surface area contributed by atoms with Crippen LogP contribution in [0.5, 0.6) is 5.75 Å². The zero-order valence-electron chi connectivity index (χ0n) is 11.4. The molecule has 1 aromatic carbocycles. The molecule has 0 aliphatic carbocycles. The second kappa shape index (κ2) is 4.64. The number of methoxy groups -OCH3 is 1. The Morgan fingerprint density at radius 3 is 3.00 bits per heavy atom. The van der Waals surface area contributed by atoms with Gasteiger partial charge in [0.15, 0.2) is 0 Å². The van der Waals surface area contributed by atoms with E-state index in [9.17, 15) is 0 Å². The zero-order valence-corrected chi connectivity index (χ0v) is 12.1. The molecule has 0 amide bonds. The van der Waals surface area contributed by atoms with Crippen LogP contribution in [-0.4, -0.2) is 28.9 Å². The summed E-state index contributed by atoms with van der Waals surface area (Å²) in [6.07, 6.45) is 4.15. The molecular weight excluding hydrogens is 276 g/mol. The molecule has 4 rings (SSSR count). The normalized spacial score (nSPS) is 28.4. The minimum Gasteiger partial charge on any atom is -0.497 e. The summed E-state index contributed by atoms with van der Waals surface area (Å²) in [5, 5.41) is 0. The lowest BCUT2D eigenvalue weighted by atomic mass is 9.95. The van der Waals surface area contributed by atoms with Crippen molar-refractivity contribution in [2.45, 2.75) is 43.4 Å². The maximum atomic E-state index is 6.10. The average Bonchev–Trinajstić information content (AvgIpc) is 3.18. The maximum absolute atomic E-state index is 6.10. The molecule has 106 valence electrons. The van der Waals surface area contributed by atoms with Crippen molar-refractivity contribution in [3.63, 3.8) is 0 Å². The van der Waals surface area contributed by atoms with Gasteiger partial charge in [0, 0.05) is 6.07 Å². The highest BCUT2D eigenvalue weighted by Crippen LogP contribution is 2.43. The summed E-state index contributed by atoms with van der Waals surface area (Å²) in [6, 6.07) is 6.40. The van der Waals surface area contributed by atoms with Crippen LogP contribution in [0.15, 0.2) is 18.2 Å². The topological polar surface area (TPSA) is 36.3 Å². The number of benzene rings is 1. The lowest BCUT2D eigenvalue weighted by molar-refractivity contribution is 0.0940. The van der Waals surface area contributed by atoms with E-state index < -0.39 is 0 Å². The molecule has 2 fully saturated rings. The fourth-order valence-corrected chi connectivity index (χ4v) is 3.79. The third-order valence-corrected chi connectivity index (χ3v) is 4.73. The van der Waals surface area contributed by atoms with Crippen LogP contribution in [0, 0.1) is 0 Å². The largest absolute Gasteiger partial charge is 0.497 e. The Labute approximate surface area is 122 Å². The molecule has 0 spiro atoms. The molecule has 3 heterocycles. The Hall–Kier alpha value is -1.26. The summed E-state index contributed by atoms with van der Waals surface area (Å²) in [5.74, 6) is 2.17. The summed E-state index contributed by atoms with van der Waals surface area (Å²) < 4.78 is 13.5. The van der Waals surface area contributed by atoms with Crippen LogP contribution in [0.3, 0.4) is 0 Å². The van der Waals surface area contributed by atoms with Crippen molar-refractivity contribution in [1.82, 2.24) is 9.55 Å². The molecule has 0 N–H and O–H groups in total. The summed E-state index contributed by atoms with van der Waals surface area (Å²) in [4.78, 5) is 4.66. The van der Waals surface area contributed by atoms with Crippen LogP contribution in [0.25, 0.3) is 11.0 Å². The Kier molecular flexibility index (Phi) is 2.89. The molecular formula is C15H17ClN2O2. The monoisotopic (exact) mass is 292 g/mol. The molecule has 2 aliphatic rings. The van der Waals surface area contributed by atoms with Crippen molar-refractivity contribution in [1.29, 1.82) is 0 Å². The first-order valence-corrected chi connectivity index (χ1v) is 7.60. The molecule has 2 bridgehead atoms. The maximum Gasteiger partial charge on any atom is 0.125 e. The van der Waals surface area contributed by atoms with Gasteiger partial charge in [-0.2, -0.15) is 0 Å². The lowest BCUT2D eigenvalue weighted by Gasteiger charge is -2.22. The zero-order chi connectivity index (χ0) is 13.7. The minimum absolute atomic E-state index is 0.321. The molecule has 3 unspecified atom stereocenters. The van der Waals surface area contributed by atoms with Gasteiger partial charge >= 0.3 is 0 Å². The fraction of sp³-hybridized carbons (Fsp3) is 0.533. The summed E-state index contributed by atoms with van der Waals surface area (Å²) in [7, 11) is 1.67.